The SMILES string of the molecule is NC1CCCCCC1C(=O)C1CC1. The Morgan fingerprint density at radius 2 is 1.69 bits per heavy atom. The summed E-state index contributed by atoms with van der Waals surface area (Å²) in [6.45, 7) is 0. The van der Waals surface area contributed by atoms with E-state index in [0.29, 0.717) is 11.7 Å². The number of ketones is 1. The van der Waals surface area contributed by atoms with Crippen LogP contribution >= 0.6 is 0 Å². The number of carbonyl (C=O) groups is 1. The van der Waals surface area contributed by atoms with E-state index >= 15 is 0 Å². The first-order chi connectivity index (χ1) is 6.29. The second-order valence-electron chi connectivity index (χ2n) is 4.59. The summed E-state index contributed by atoms with van der Waals surface area (Å²) in [5, 5.41) is 0. The first-order valence-electron chi connectivity index (χ1n) is 5.58. The van der Waals surface area contributed by atoms with Crippen molar-refractivity contribution in [3.05, 3.63) is 0 Å². The van der Waals surface area contributed by atoms with Crippen molar-refractivity contribution in [3.63, 3.8) is 0 Å². The Morgan fingerprint density at radius 1 is 1.00 bits per heavy atom. The zero-order valence-corrected chi connectivity index (χ0v) is 8.17. The quantitative estimate of drug-likeness (QED) is 0.661. The molecule has 2 unspecified atom stereocenters. The van der Waals surface area contributed by atoms with Crippen molar-refractivity contribution in [2.24, 2.45) is 17.6 Å². The van der Waals surface area contributed by atoms with Crippen LogP contribution in [0.3, 0.4) is 0 Å². The van der Waals surface area contributed by atoms with Gasteiger partial charge in [-0.05, 0) is 25.7 Å². The Bertz CT molecular complexity index is 198. The van der Waals surface area contributed by atoms with Crippen molar-refractivity contribution in [2.75, 3.05) is 0 Å². The highest BCUT2D eigenvalue weighted by molar-refractivity contribution is 5.86. The van der Waals surface area contributed by atoms with Gasteiger partial charge in [0.2, 0.25) is 0 Å². The molecular formula is C11H19NO. The third-order valence-corrected chi connectivity index (χ3v) is 3.41. The molecule has 2 N–H and O–H groups in total. The lowest BCUT2D eigenvalue weighted by atomic mass is 9.89. The highest BCUT2D eigenvalue weighted by atomic mass is 16.1. The molecule has 2 aliphatic rings. The van der Waals surface area contributed by atoms with Gasteiger partial charge in [0, 0.05) is 17.9 Å². The second-order valence-corrected chi connectivity index (χ2v) is 4.59. The lowest BCUT2D eigenvalue weighted by molar-refractivity contribution is -0.124. The number of nitrogens with two attached hydrogens (primary N) is 1. The maximum Gasteiger partial charge on any atom is 0.140 e. The van der Waals surface area contributed by atoms with Crippen LogP contribution in [0, 0.1) is 11.8 Å². The van der Waals surface area contributed by atoms with E-state index < -0.39 is 0 Å². The number of rotatable bonds is 2. The summed E-state index contributed by atoms with van der Waals surface area (Å²) < 4.78 is 0. The molecule has 2 heteroatoms. The normalized spacial score (nSPS) is 35.5. The Balaban J connectivity index is 1.96. The van der Waals surface area contributed by atoms with E-state index in [1.807, 2.05) is 0 Å². The smallest absolute Gasteiger partial charge is 0.140 e. The lowest BCUT2D eigenvalue weighted by Crippen LogP contribution is -2.35. The largest absolute Gasteiger partial charge is 0.327 e. The van der Waals surface area contributed by atoms with Crippen LogP contribution in [0.2, 0.25) is 0 Å². The van der Waals surface area contributed by atoms with Crippen molar-refractivity contribution in [1.82, 2.24) is 0 Å². The second kappa shape index (κ2) is 3.79. The first-order valence-corrected chi connectivity index (χ1v) is 5.58. The Kier molecular flexibility index (Phi) is 2.68. The summed E-state index contributed by atoms with van der Waals surface area (Å²) in [5.41, 5.74) is 6.02. The molecule has 2 saturated carbocycles. The molecule has 0 aromatic heterocycles. The summed E-state index contributed by atoms with van der Waals surface area (Å²) in [5.74, 6) is 1.08. The first kappa shape index (κ1) is 9.20. The average Bonchev–Trinajstić information content (AvgIpc) is 2.89. The topological polar surface area (TPSA) is 43.1 Å². The molecule has 13 heavy (non-hydrogen) atoms. The van der Waals surface area contributed by atoms with Crippen LogP contribution in [0.5, 0.6) is 0 Å². The molecule has 0 bridgehead atoms. The third-order valence-electron chi connectivity index (χ3n) is 3.41. The van der Waals surface area contributed by atoms with Gasteiger partial charge in [0.1, 0.15) is 5.78 Å². The lowest BCUT2D eigenvalue weighted by Gasteiger charge is -2.19. The van der Waals surface area contributed by atoms with Crippen LogP contribution in [-0.2, 0) is 4.79 Å². The van der Waals surface area contributed by atoms with E-state index in [2.05, 4.69) is 0 Å². The van der Waals surface area contributed by atoms with E-state index in [-0.39, 0.29) is 12.0 Å². The molecule has 0 radical (unpaired) electrons. The predicted molar refractivity (Wildman–Crippen MR) is 52.3 cm³/mol. The molecule has 74 valence electrons. The highest BCUT2D eigenvalue weighted by Gasteiger charge is 2.37. The summed E-state index contributed by atoms with van der Waals surface area (Å²) in [7, 11) is 0. The fraction of sp³-hybridized carbons (Fsp3) is 0.909. The monoisotopic (exact) mass is 181 g/mol. The van der Waals surface area contributed by atoms with Crippen molar-refractivity contribution >= 4 is 5.78 Å². The fourth-order valence-electron chi connectivity index (χ4n) is 2.36. The zero-order valence-electron chi connectivity index (χ0n) is 8.17. The maximum atomic E-state index is 11.8. The molecule has 2 fully saturated rings. The van der Waals surface area contributed by atoms with Crippen molar-refractivity contribution in [3.8, 4) is 0 Å². The van der Waals surface area contributed by atoms with Crippen molar-refractivity contribution in [2.45, 2.75) is 51.0 Å². The summed E-state index contributed by atoms with van der Waals surface area (Å²) >= 11 is 0. The maximum absolute atomic E-state index is 11.8. The highest BCUT2D eigenvalue weighted by Crippen LogP contribution is 2.36. The van der Waals surface area contributed by atoms with Gasteiger partial charge in [0.15, 0.2) is 0 Å². The van der Waals surface area contributed by atoms with Crippen LogP contribution in [0.25, 0.3) is 0 Å². The molecule has 2 rings (SSSR count). The van der Waals surface area contributed by atoms with Gasteiger partial charge in [-0.25, -0.2) is 0 Å². The Hall–Kier alpha value is -0.370. The van der Waals surface area contributed by atoms with Gasteiger partial charge in [-0.1, -0.05) is 19.3 Å². The van der Waals surface area contributed by atoms with E-state index in [4.69, 9.17) is 5.73 Å². The molecule has 0 amide bonds. The van der Waals surface area contributed by atoms with Crippen LogP contribution in [0.4, 0.5) is 0 Å². The Morgan fingerprint density at radius 3 is 2.38 bits per heavy atom. The fourth-order valence-corrected chi connectivity index (χ4v) is 2.36. The van der Waals surface area contributed by atoms with Gasteiger partial charge in [-0.2, -0.15) is 0 Å². The molecule has 2 aliphatic carbocycles. The van der Waals surface area contributed by atoms with Crippen molar-refractivity contribution in [1.29, 1.82) is 0 Å². The van der Waals surface area contributed by atoms with Crippen LogP contribution in [-0.4, -0.2) is 11.8 Å². The van der Waals surface area contributed by atoms with Gasteiger partial charge >= 0.3 is 0 Å². The number of Topliss-reactive ketones (excluding diaryl/α,β-unsaturated/α-hetero) is 1. The van der Waals surface area contributed by atoms with Crippen LogP contribution in [0.15, 0.2) is 0 Å². The molecule has 2 atom stereocenters. The molecular weight excluding hydrogens is 162 g/mol. The third kappa shape index (κ3) is 2.11. The molecule has 0 aliphatic heterocycles. The minimum Gasteiger partial charge on any atom is -0.327 e. The van der Waals surface area contributed by atoms with E-state index in [1.165, 1.54) is 19.3 Å². The van der Waals surface area contributed by atoms with E-state index in [0.717, 1.165) is 25.7 Å². The molecule has 0 heterocycles. The van der Waals surface area contributed by atoms with Gasteiger partial charge in [-0.15, -0.1) is 0 Å². The summed E-state index contributed by atoms with van der Waals surface area (Å²) in [6, 6.07) is 0.163. The molecule has 0 saturated heterocycles. The Labute approximate surface area is 79.9 Å². The molecule has 0 aromatic rings. The minimum atomic E-state index is 0.163. The van der Waals surface area contributed by atoms with E-state index in [9.17, 15) is 4.79 Å². The van der Waals surface area contributed by atoms with Gasteiger partial charge < -0.3 is 5.73 Å². The van der Waals surface area contributed by atoms with Crippen LogP contribution in [0.1, 0.15) is 44.9 Å². The average molecular weight is 181 g/mol. The van der Waals surface area contributed by atoms with E-state index in [1.54, 1.807) is 0 Å². The van der Waals surface area contributed by atoms with Gasteiger partial charge in [-0.3, -0.25) is 4.79 Å². The summed E-state index contributed by atoms with van der Waals surface area (Å²) in [6.07, 6.45) is 8.05. The van der Waals surface area contributed by atoms with Gasteiger partial charge in [0.05, 0.1) is 0 Å². The van der Waals surface area contributed by atoms with Crippen LogP contribution < -0.4 is 5.73 Å². The minimum absolute atomic E-state index is 0.163. The molecule has 0 aromatic carbocycles. The number of hydrogen-bond donors (Lipinski definition) is 1. The molecule has 0 spiro atoms. The predicted octanol–water partition coefficient (Wildman–Crippen LogP) is 1.87. The summed E-state index contributed by atoms with van der Waals surface area (Å²) in [4.78, 5) is 11.8. The molecule has 2 nitrogen and oxygen atoms in total. The standard InChI is InChI=1S/C11H19NO/c12-10-5-3-1-2-4-9(10)11(13)8-6-7-8/h8-10H,1-7,12H2. The number of carbonyl (C=O) groups excluding carboxylic acids is 1. The zero-order chi connectivity index (χ0) is 9.26. The van der Waals surface area contributed by atoms with Crippen molar-refractivity contribution < 1.29 is 4.79 Å². The van der Waals surface area contributed by atoms with Gasteiger partial charge in [0.25, 0.3) is 0 Å². The number of hydrogen-bond acceptors (Lipinski definition) is 2.